The van der Waals surface area contributed by atoms with E-state index >= 15 is 0 Å². The molecule has 0 aliphatic carbocycles. The molecule has 1 aliphatic rings. The molecule has 22 heavy (non-hydrogen) atoms. The van der Waals surface area contributed by atoms with E-state index in [1.54, 1.807) is 18.2 Å². The van der Waals surface area contributed by atoms with Gasteiger partial charge in [0, 0.05) is 17.3 Å². The van der Waals surface area contributed by atoms with Gasteiger partial charge in [-0.1, -0.05) is 17.7 Å². The van der Waals surface area contributed by atoms with Crippen molar-refractivity contribution in [3.63, 3.8) is 0 Å². The minimum absolute atomic E-state index is 0.0826. The van der Waals surface area contributed by atoms with Crippen molar-refractivity contribution in [2.75, 3.05) is 13.1 Å². The maximum Gasteiger partial charge on any atom is 0.267 e. The number of aromatic nitrogens is 1. The van der Waals surface area contributed by atoms with E-state index in [0.717, 1.165) is 25.9 Å². The number of carbonyl (C=O) groups excluding carboxylic acids is 1. The molecule has 0 spiro atoms. The molecule has 1 aromatic carbocycles. The number of nitrogens with one attached hydrogen (secondary N) is 3. The average Bonchev–Trinajstić information content (AvgIpc) is 3.01. The van der Waals surface area contributed by atoms with E-state index in [1.807, 2.05) is 0 Å². The second-order valence-electron chi connectivity index (χ2n) is 5.41. The van der Waals surface area contributed by atoms with Crippen molar-refractivity contribution in [2.24, 2.45) is 0 Å². The largest absolute Gasteiger partial charge is 0.351 e. The highest BCUT2D eigenvalue weighted by molar-refractivity contribution is 6.30. The van der Waals surface area contributed by atoms with Gasteiger partial charge in [-0.3, -0.25) is 4.79 Å². The van der Waals surface area contributed by atoms with Crippen LogP contribution in [0.5, 0.6) is 0 Å². The van der Waals surface area contributed by atoms with E-state index in [9.17, 15) is 9.18 Å². The van der Waals surface area contributed by atoms with Crippen LogP contribution < -0.4 is 10.6 Å². The normalized spacial score (nSPS) is 15.7. The van der Waals surface area contributed by atoms with E-state index < -0.39 is 5.82 Å². The highest BCUT2D eigenvalue weighted by atomic mass is 35.5. The molecule has 0 saturated carbocycles. The summed E-state index contributed by atoms with van der Waals surface area (Å²) in [7, 11) is 0. The summed E-state index contributed by atoms with van der Waals surface area (Å²) in [6.45, 7) is 1.84. The van der Waals surface area contributed by atoms with E-state index in [0.29, 0.717) is 17.0 Å². The number of benzene rings is 1. The number of carbonyl (C=O) groups is 1. The van der Waals surface area contributed by atoms with Crippen molar-refractivity contribution in [1.29, 1.82) is 0 Å². The first-order valence-electron chi connectivity index (χ1n) is 7.29. The molecule has 4 nitrogen and oxygen atoms in total. The number of H-pyrrole nitrogens is 1. The lowest BCUT2D eigenvalue weighted by atomic mass is 10.1. The van der Waals surface area contributed by atoms with Crippen LogP contribution in [0.2, 0.25) is 5.02 Å². The molecule has 0 atom stereocenters. The summed E-state index contributed by atoms with van der Waals surface area (Å²) in [6, 6.07) is 8.24. The summed E-state index contributed by atoms with van der Waals surface area (Å²) in [4.78, 5) is 15.2. The summed E-state index contributed by atoms with van der Waals surface area (Å²) >= 11 is 5.68. The lowest BCUT2D eigenvalue weighted by Gasteiger charge is -2.23. The molecule has 1 saturated heterocycles. The van der Waals surface area contributed by atoms with Crippen molar-refractivity contribution < 1.29 is 9.18 Å². The van der Waals surface area contributed by atoms with Gasteiger partial charge < -0.3 is 15.6 Å². The highest BCUT2D eigenvalue weighted by Crippen LogP contribution is 2.23. The maximum absolute atomic E-state index is 13.5. The molecule has 3 rings (SSSR count). The molecule has 0 unspecified atom stereocenters. The van der Waals surface area contributed by atoms with Gasteiger partial charge in [-0.2, -0.15) is 0 Å². The van der Waals surface area contributed by atoms with E-state index in [1.165, 1.54) is 12.1 Å². The van der Waals surface area contributed by atoms with Gasteiger partial charge in [-0.05, 0) is 50.2 Å². The highest BCUT2D eigenvalue weighted by Gasteiger charge is 2.17. The van der Waals surface area contributed by atoms with Gasteiger partial charge in [0.15, 0.2) is 0 Å². The summed E-state index contributed by atoms with van der Waals surface area (Å²) < 4.78 is 13.5. The van der Waals surface area contributed by atoms with Crippen LogP contribution in [0.25, 0.3) is 11.3 Å². The Morgan fingerprint density at radius 3 is 2.73 bits per heavy atom. The molecule has 3 N–H and O–H groups in total. The molecule has 6 heteroatoms. The molecule has 2 aromatic rings. The van der Waals surface area contributed by atoms with Crippen LogP contribution in [-0.4, -0.2) is 30.0 Å². The van der Waals surface area contributed by atoms with Gasteiger partial charge in [0.1, 0.15) is 11.5 Å². The molecular formula is C16H17ClFN3O. The monoisotopic (exact) mass is 321 g/mol. The van der Waals surface area contributed by atoms with Crippen molar-refractivity contribution in [2.45, 2.75) is 18.9 Å². The summed E-state index contributed by atoms with van der Waals surface area (Å²) in [5, 5.41) is 6.36. The fourth-order valence-corrected chi connectivity index (χ4v) is 2.71. The van der Waals surface area contributed by atoms with E-state index in [-0.39, 0.29) is 17.0 Å². The first kappa shape index (κ1) is 15.1. The third kappa shape index (κ3) is 3.31. The lowest BCUT2D eigenvalue weighted by molar-refractivity contribution is 0.0925. The van der Waals surface area contributed by atoms with Gasteiger partial charge in [-0.15, -0.1) is 0 Å². The Morgan fingerprint density at radius 2 is 2.00 bits per heavy atom. The Morgan fingerprint density at radius 1 is 1.23 bits per heavy atom. The molecule has 2 heterocycles. The topological polar surface area (TPSA) is 56.9 Å². The van der Waals surface area contributed by atoms with Crippen LogP contribution in [-0.2, 0) is 0 Å². The second-order valence-corrected chi connectivity index (χ2v) is 5.82. The van der Waals surface area contributed by atoms with Crippen molar-refractivity contribution in [1.82, 2.24) is 15.6 Å². The fraction of sp³-hybridized carbons (Fsp3) is 0.312. The van der Waals surface area contributed by atoms with Gasteiger partial charge in [0.2, 0.25) is 0 Å². The molecule has 116 valence electrons. The molecular weight excluding hydrogens is 305 g/mol. The molecule has 1 fully saturated rings. The average molecular weight is 322 g/mol. The van der Waals surface area contributed by atoms with E-state index in [4.69, 9.17) is 11.6 Å². The first-order chi connectivity index (χ1) is 10.6. The van der Waals surface area contributed by atoms with Gasteiger partial charge >= 0.3 is 0 Å². The number of piperidine rings is 1. The Bertz CT molecular complexity index is 680. The predicted molar refractivity (Wildman–Crippen MR) is 84.6 cm³/mol. The Balaban J connectivity index is 1.72. The quantitative estimate of drug-likeness (QED) is 0.814. The van der Waals surface area contributed by atoms with Crippen molar-refractivity contribution in [3.05, 3.63) is 46.9 Å². The summed E-state index contributed by atoms with van der Waals surface area (Å²) in [6.07, 6.45) is 1.86. The number of amides is 1. The number of aromatic amines is 1. The number of hydrogen-bond donors (Lipinski definition) is 3. The van der Waals surface area contributed by atoms with Gasteiger partial charge in [0.05, 0.1) is 5.02 Å². The van der Waals surface area contributed by atoms with Crippen LogP contribution in [0, 0.1) is 5.82 Å². The molecule has 1 amide bonds. The number of halogens is 2. The Labute approximate surface area is 133 Å². The van der Waals surface area contributed by atoms with Gasteiger partial charge in [-0.25, -0.2) is 4.39 Å². The minimum atomic E-state index is -0.477. The predicted octanol–water partition coefficient (Wildman–Crippen LogP) is 2.96. The van der Waals surface area contributed by atoms with Crippen LogP contribution in [0.15, 0.2) is 30.3 Å². The van der Waals surface area contributed by atoms with Gasteiger partial charge in [0.25, 0.3) is 5.91 Å². The van der Waals surface area contributed by atoms with Crippen LogP contribution in [0.4, 0.5) is 4.39 Å². The van der Waals surface area contributed by atoms with Crippen LogP contribution >= 0.6 is 11.6 Å². The summed E-state index contributed by atoms with van der Waals surface area (Å²) in [5.41, 5.74) is 1.82. The zero-order valence-corrected chi connectivity index (χ0v) is 12.7. The third-order valence-corrected chi connectivity index (χ3v) is 4.14. The first-order valence-corrected chi connectivity index (χ1v) is 7.67. The molecule has 0 bridgehead atoms. The number of rotatable bonds is 3. The maximum atomic E-state index is 13.5. The Kier molecular flexibility index (Phi) is 4.45. The SMILES string of the molecule is O=C(NC1CCNCC1)c1ccc(-c2ccc(Cl)c(F)c2)[nH]1. The smallest absolute Gasteiger partial charge is 0.267 e. The molecule has 1 aromatic heterocycles. The third-order valence-electron chi connectivity index (χ3n) is 3.84. The van der Waals surface area contributed by atoms with Crippen molar-refractivity contribution in [3.8, 4) is 11.3 Å². The van der Waals surface area contributed by atoms with E-state index in [2.05, 4.69) is 15.6 Å². The standard InChI is InChI=1S/C16H17ClFN3O/c17-12-2-1-10(9-13(12)18)14-3-4-15(21-14)16(22)20-11-5-7-19-8-6-11/h1-4,9,11,19,21H,5-8H2,(H,20,22). The fourth-order valence-electron chi connectivity index (χ4n) is 2.59. The molecule has 1 aliphatic heterocycles. The zero-order valence-electron chi connectivity index (χ0n) is 12.0. The number of hydrogen-bond acceptors (Lipinski definition) is 2. The Hall–Kier alpha value is -1.85. The minimum Gasteiger partial charge on any atom is -0.351 e. The van der Waals surface area contributed by atoms with Crippen LogP contribution in [0.1, 0.15) is 23.3 Å². The zero-order chi connectivity index (χ0) is 15.5. The summed E-state index contributed by atoms with van der Waals surface area (Å²) in [5.74, 6) is -0.609. The van der Waals surface area contributed by atoms with Crippen molar-refractivity contribution >= 4 is 17.5 Å². The molecule has 0 radical (unpaired) electrons. The lowest BCUT2D eigenvalue weighted by Crippen LogP contribution is -2.42. The second kappa shape index (κ2) is 6.50. The van der Waals surface area contributed by atoms with Crippen LogP contribution in [0.3, 0.4) is 0 Å².